The predicted octanol–water partition coefficient (Wildman–Crippen LogP) is 2.37. The lowest BCUT2D eigenvalue weighted by molar-refractivity contribution is 0.628. The van der Waals surface area contributed by atoms with Crippen molar-refractivity contribution in [1.82, 2.24) is 9.97 Å². The molecular formula is C12H8FN3OS. The first-order valence-electron chi connectivity index (χ1n) is 5.18. The van der Waals surface area contributed by atoms with Crippen molar-refractivity contribution in [3.05, 3.63) is 45.8 Å². The van der Waals surface area contributed by atoms with Gasteiger partial charge >= 0.3 is 0 Å². The molecule has 2 heterocycles. The van der Waals surface area contributed by atoms with Gasteiger partial charge in [-0.1, -0.05) is 12.1 Å². The van der Waals surface area contributed by atoms with E-state index in [4.69, 9.17) is 5.73 Å². The third-order valence-corrected chi connectivity index (χ3v) is 3.47. The zero-order valence-corrected chi connectivity index (χ0v) is 9.92. The second-order valence-corrected chi connectivity index (χ2v) is 4.65. The van der Waals surface area contributed by atoms with Crippen molar-refractivity contribution < 1.29 is 4.39 Å². The van der Waals surface area contributed by atoms with Crippen molar-refractivity contribution in [3.8, 4) is 11.1 Å². The first-order valence-corrected chi connectivity index (χ1v) is 6.06. The second kappa shape index (κ2) is 3.92. The average Bonchev–Trinajstić information content (AvgIpc) is 2.72. The fraction of sp³-hybridized carbons (Fsp3) is 0. The van der Waals surface area contributed by atoms with E-state index >= 15 is 0 Å². The van der Waals surface area contributed by atoms with Gasteiger partial charge in [-0.25, -0.2) is 9.37 Å². The van der Waals surface area contributed by atoms with E-state index in [2.05, 4.69) is 9.97 Å². The maximum atomic E-state index is 13.2. The van der Waals surface area contributed by atoms with Gasteiger partial charge in [-0.15, -0.1) is 11.3 Å². The molecule has 0 radical (unpaired) electrons. The maximum Gasteiger partial charge on any atom is 0.261 e. The molecule has 90 valence electrons. The van der Waals surface area contributed by atoms with Crippen molar-refractivity contribution >= 4 is 27.5 Å². The normalized spacial score (nSPS) is 10.9. The Bertz CT molecular complexity index is 793. The summed E-state index contributed by atoms with van der Waals surface area (Å²) in [6, 6.07) is 6.10. The van der Waals surface area contributed by atoms with E-state index in [1.165, 1.54) is 23.5 Å². The molecule has 0 amide bonds. The average molecular weight is 261 g/mol. The summed E-state index contributed by atoms with van der Waals surface area (Å²) in [5.74, 6) is -0.258. The minimum absolute atomic E-state index is 0.0835. The molecule has 0 aliphatic rings. The van der Waals surface area contributed by atoms with Crippen LogP contribution in [0.5, 0.6) is 0 Å². The van der Waals surface area contributed by atoms with Gasteiger partial charge in [0.15, 0.2) is 0 Å². The summed E-state index contributed by atoms with van der Waals surface area (Å²) in [4.78, 5) is 18.9. The molecule has 2 aromatic heterocycles. The molecule has 0 aliphatic carbocycles. The molecule has 0 unspecified atom stereocenters. The Morgan fingerprint density at radius 2 is 2.22 bits per heavy atom. The Labute approximate surface area is 105 Å². The lowest BCUT2D eigenvalue weighted by Gasteiger charge is -1.99. The summed E-state index contributed by atoms with van der Waals surface area (Å²) in [5, 5.41) is 2.22. The minimum Gasteiger partial charge on any atom is -0.369 e. The van der Waals surface area contributed by atoms with Crippen LogP contribution in [0.25, 0.3) is 21.3 Å². The monoisotopic (exact) mass is 261 g/mol. The summed E-state index contributed by atoms with van der Waals surface area (Å²) in [6.45, 7) is 0. The molecule has 0 fully saturated rings. The fourth-order valence-corrected chi connectivity index (χ4v) is 2.79. The molecule has 0 saturated heterocycles. The highest BCUT2D eigenvalue weighted by Gasteiger charge is 2.12. The molecule has 0 spiro atoms. The quantitative estimate of drug-likeness (QED) is 0.706. The molecule has 0 aliphatic heterocycles. The lowest BCUT2D eigenvalue weighted by atomic mass is 10.1. The minimum atomic E-state index is -0.341. The first kappa shape index (κ1) is 10.9. The molecule has 1 aromatic carbocycles. The van der Waals surface area contributed by atoms with Crippen LogP contribution in [-0.4, -0.2) is 9.97 Å². The number of thiophene rings is 1. The van der Waals surface area contributed by atoms with E-state index < -0.39 is 0 Å². The van der Waals surface area contributed by atoms with E-state index in [-0.39, 0.29) is 17.3 Å². The number of nitrogens with two attached hydrogens (primary N) is 1. The van der Waals surface area contributed by atoms with Crippen molar-refractivity contribution in [2.24, 2.45) is 0 Å². The number of hydrogen-bond donors (Lipinski definition) is 2. The Morgan fingerprint density at radius 1 is 1.39 bits per heavy atom. The zero-order valence-electron chi connectivity index (χ0n) is 9.11. The number of fused-ring (bicyclic) bond motifs is 1. The Morgan fingerprint density at radius 3 is 3.00 bits per heavy atom. The number of benzene rings is 1. The summed E-state index contributed by atoms with van der Waals surface area (Å²) < 4.78 is 13.2. The van der Waals surface area contributed by atoms with Gasteiger partial charge in [0.1, 0.15) is 10.6 Å². The Kier molecular flexibility index (Phi) is 2.38. The topological polar surface area (TPSA) is 71.8 Å². The van der Waals surface area contributed by atoms with E-state index in [0.717, 1.165) is 0 Å². The van der Waals surface area contributed by atoms with Crippen molar-refractivity contribution in [3.63, 3.8) is 0 Å². The molecule has 6 heteroatoms. The number of rotatable bonds is 1. The fourth-order valence-electron chi connectivity index (χ4n) is 1.83. The number of anilines is 1. The molecule has 0 atom stereocenters. The third kappa shape index (κ3) is 1.67. The second-order valence-electron chi connectivity index (χ2n) is 3.79. The number of H-pyrrole nitrogens is 1. The molecule has 4 nitrogen and oxygen atoms in total. The summed E-state index contributed by atoms with van der Waals surface area (Å²) in [6.07, 6.45) is 0. The highest BCUT2D eigenvalue weighted by Crippen LogP contribution is 2.30. The van der Waals surface area contributed by atoms with E-state index in [1.807, 2.05) is 0 Å². The van der Waals surface area contributed by atoms with Gasteiger partial charge in [-0.05, 0) is 17.7 Å². The van der Waals surface area contributed by atoms with Gasteiger partial charge in [-0.3, -0.25) is 9.78 Å². The number of aromatic nitrogens is 2. The van der Waals surface area contributed by atoms with Crippen LogP contribution in [-0.2, 0) is 0 Å². The van der Waals surface area contributed by atoms with Crippen LogP contribution in [0.1, 0.15) is 0 Å². The number of hydrogen-bond acceptors (Lipinski definition) is 4. The van der Waals surface area contributed by atoms with Crippen LogP contribution in [0.4, 0.5) is 10.3 Å². The van der Waals surface area contributed by atoms with Gasteiger partial charge in [0.05, 0.1) is 5.39 Å². The summed E-state index contributed by atoms with van der Waals surface area (Å²) >= 11 is 1.31. The summed E-state index contributed by atoms with van der Waals surface area (Å²) in [5.41, 5.74) is 6.49. The molecule has 3 aromatic rings. The predicted molar refractivity (Wildman–Crippen MR) is 70.0 cm³/mol. The molecule has 3 rings (SSSR count). The largest absolute Gasteiger partial charge is 0.369 e. The molecule has 0 saturated carbocycles. The maximum absolute atomic E-state index is 13.2. The SMILES string of the molecule is Nc1nc2scc(-c3cccc(F)c3)c2c(=O)[nH]1. The smallest absolute Gasteiger partial charge is 0.261 e. The zero-order chi connectivity index (χ0) is 12.7. The Hall–Kier alpha value is -2.21. The van der Waals surface area contributed by atoms with Crippen LogP contribution in [0.3, 0.4) is 0 Å². The van der Waals surface area contributed by atoms with Crippen molar-refractivity contribution in [2.45, 2.75) is 0 Å². The lowest BCUT2D eigenvalue weighted by Crippen LogP contribution is -2.10. The highest BCUT2D eigenvalue weighted by molar-refractivity contribution is 7.17. The summed E-state index contributed by atoms with van der Waals surface area (Å²) in [7, 11) is 0. The van der Waals surface area contributed by atoms with Crippen LogP contribution in [0.15, 0.2) is 34.4 Å². The van der Waals surface area contributed by atoms with Gasteiger partial charge in [-0.2, -0.15) is 0 Å². The highest BCUT2D eigenvalue weighted by atomic mass is 32.1. The van der Waals surface area contributed by atoms with E-state index in [9.17, 15) is 9.18 Å². The van der Waals surface area contributed by atoms with Gasteiger partial charge in [0.2, 0.25) is 5.95 Å². The molecule has 3 N–H and O–H groups in total. The van der Waals surface area contributed by atoms with Crippen LogP contribution in [0, 0.1) is 5.82 Å². The van der Waals surface area contributed by atoms with Crippen LogP contribution >= 0.6 is 11.3 Å². The van der Waals surface area contributed by atoms with E-state index in [1.54, 1.807) is 17.5 Å². The number of halogens is 1. The Balaban J connectivity index is 2.34. The number of aromatic amines is 1. The number of nitrogens with zero attached hydrogens (tertiary/aromatic N) is 1. The van der Waals surface area contributed by atoms with Gasteiger partial charge in [0.25, 0.3) is 5.56 Å². The number of nitrogen functional groups attached to an aromatic ring is 1. The molecule has 18 heavy (non-hydrogen) atoms. The van der Waals surface area contributed by atoms with Crippen LogP contribution in [0.2, 0.25) is 0 Å². The van der Waals surface area contributed by atoms with Crippen LogP contribution < -0.4 is 11.3 Å². The van der Waals surface area contributed by atoms with Gasteiger partial charge in [0, 0.05) is 10.9 Å². The third-order valence-electron chi connectivity index (χ3n) is 2.60. The van der Waals surface area contributed by atoms with E-state index in [0.29, 0.717) is 21.3 Å². The molecule has 0 bridgehead atoms. The van der Waals surface area contributed by atoms with Gasteiger partial charge < -0.3 is 5.73 Å². The van der Waals surface area contributed by atoms with Crippen molar-refractivity contribution in [1.29, 1.82) is 0 Å². The number of nitrogens with one attached hydrogen (secondary N) is 1. The van der Waals surface area contributed by atoms with Crippen molar-refractivity contribution in [2.75, 3.05) is 5.73 Å². The molecular weight excluding hydrogens is 253 g/mol. The first-order chi connectivity index (χ1) is 8.65. The standard InChI is InChI=1S/C12H8FN3OS/c13-7-3-1-2-6(4-7)8-5-18-11-9(8)10(17)15-12(14)16-11/h1-5H,(H3,14,15,16,17).